The highest BCUT2D eigenvalue weighted by Gasteiger charge is 2.46. The number of fused-ring (bicyclic) bond motifs is 1. The highest BCUT2D eigenvalue weighted by Crippen LogP contribution is 2.25. The molecule has 1 N–H and O–H groups in total. The molecule has 0 radical (unpaired) electrons. The van der Waals surface area contributed by atoms with Crippen LogP contribution in [0.1, 0.15) is 6.42 Å². The second-order valence-corrected chi connectivity index (χ2v) is 5.20. The lowest BCUT2D eigenvalue weighted by atomic mass is 10.1. The van der Waals surface area contributed by atoms with E-state index in [9.17, 15) is 18.8 Å². The first kappa shape index (κ1) is 14.2. The van der Waals surface area contributed by atoms with Gasteiger partial charge in [-0.1, -0.05) is 6.07 Å². The SMILES string of the molecule is O=C(Cn1nc2ccccn2c1=O)N1CCC(F)(C(=O)O)C1. The summed E-state index contributed by atoms with van der Waals surface area (Å²) in [6, 6.07) is 4.99. The van der Waals surface area contributed by atoms with Gasteiger partial charge < -0.3 is 10.0 Å². The van der Waals surface area contributed by atoms with Gasteiger partial charge in [0, 0.05) is 19.2 Å². The molecule has 1 saturated heterocycles. The minimum atomic E-state index is -2.42. The van der Waals surface area contributed by atoms with Crippen molar-refractivity contribution in [3.05, 3.63) is 34.9 Å². The van der Waals surface area contributed by atoms with Crippen LogP contribution in [0.3, 0.4) is 0 Å². The van der Waals surface area contributed by atoms with Crippen molar-refractivity contribution in [2.75, 3.05) is 13.1 Å². The molecule has 1 aliphatic heterocycles. The summed E-state index contributed by atoms with van der Waals surface area (Å²) in [7, 11) is 0. The molecular formula is C13H13FN4O4. The monoisotopic (exact) mass is 308 g/mol. The van der Waals surface area contributed by atoms with Gasteiger partial charge in [0.25, 0.3) is 0 Å². The molecule has 9 heteroatoms. The van der Waals surface area contributed by atoms with Crippen molar-refractivity contribution in [2.45, 2.75) is 18.6 Å². The zero-order valence-corrected chi connectivity index (χ0v) is 11.5. The Morgan fingerprint density at radius 3 is 2.82 bits per heavy atom. The zero-order valence-electron chi connectivity index (χ0n) is 11.5. The van der Waals surface area contributed by atoms with Crippen LogP contribution in [0.15, 0.2) is 29.2 Å². The molecule has 0 bridgehead atoms. The summed E-state index contributed by atoms with van der Waals surface area (Å²) in [6.45, 7) is -0.858. The van der Waals surface area contributed by atoms with Gasteiger partial charge in [0.1, 0.15) is 6.54 Å². The highest BCUT2D eigenvalue weighted by molar-refractivity contribution is 5.82. The Hall–Kier alpha value is -2.71. The molecule has 3 heterocycles. The molecule has 1 atom stereocenters. The first-order valence-electron chi connectivity index (χ1n) is 6.65. The summed E-state index contributed by atoms with van der Waals surface area (Å²) in [5.74, 6) is -2.11. The number of rotatable bonds is 3. The number of aliphatic carboxylic acids is 1. The van der Waals surface area contributed by atoms with Crippen LogP contribution in [0.4, 0.5) is 4.39 Å². The van der Waals surface area contributed by atoms with E-state index < -0.39 is 29.8 Å². The molecule has 0 saturated carbocycles. The maximum absolute atomic E-state index is 13.9. The first-order chi connectivity index (χ1) is 10.4. The number of hydrogen-bond acceptors (Lipinski definition) is 4. The summed E-state index contributed by atoms with van der Waals surface area (Å²) in [5.41, 5.74) is -2.50. The predicted molar refractivity (Wildman–Crippen MR) is 72.1 cm³/mol. The van der Waals surface area contributed by atoms with E-state index in [0.717, 1.165) is 9.58 Å². The Labute approximate surface area is 123 Å². The average Bonchev–Trinajstić information content (AvgIpc) is 3.03. The van der Waals surface area contributed by atoms with E-state index in [1.807, 2.05) is 0 Å². The van der Waals surface area contributed by atoms with E-state index in [4.69, 9.17) is 5.11 Å². The van der Waals surface area contributed by atoms with Crippen molar-refractivity contribution < 1.29 is 19.1 Å². The van der Waals surface area contributed by atoms with Crippen LogP contribution in [-0.2, 0) is 16.1 Å². The molecule has 1 amide bonds. The van der Waals surface area contributed by atoms with E-state index in [-0.39, 0.29) is 19.5 Å². The van der Waals surface area contributed by atoms with Crippen molar-refractivity contribution >= 4 is 17.5 Å². The van der Waals surface area contributed by atoms with Crippen LogP contribution in [-0.4, -0.2) is 54.8 Å². The summed E-state index contributed by atoms with van der Waals surface area (Å²) >= 11 is 0. The molecule has 2 aromatic rings. The predicted octanol–water partition coefficient (Wildman–Crippen LogP) is -0.479. The maximum atomic E-state index is 13.9. The summed E-state index contributed by atoms with van der Waals surface area (Å²) in [5, 5.41) is 12.8. The van der Waals surface area contributed by atoms with Crippen LogP contribution < -0.4 is 5.69 Å². The minimum Gasteiger partial charge on any atom is -0.479 e. The van der Waals surface area contributed by atoms with Gasteiger partial charge in [-0.05, 0) is 12.1 Å². The van der Waals surface area contributed by atoms with Gasteiger partial charge >= 0.3 is 11.7 Å². The fourth-order valence-electron chi connectivity index (χ4n) is 2.46. The number of nitrogens with zero attached hydrogens (tertiary/aromatic N) is 4. The molecule has 1 unspecified atom stereocenters. The Bertz CT molecular complexity index is 814. The maximum Gasteiger partial charge on any atom is 0.350 e. The molecule has 3 rings (SSSR count). The zero-order chi connectivity index (χ0) is 15.9. The second-order valence-electron chi connectivity index (χ2n) is 5.20. The van der Waals surface area contributed by atoms with Gasteiger partial charge in [-0.25, -0.2) is 18.7 Å². The molecule has 0 aliphatic carbocycles. The molecule has 1 fully saturated rings. The van der Waals surface area contributed by atoms with Gasteiger partial charge in [0.05, 0.1) is 6.54 Å². The number of hydrogen-bond donors (Lipinski definition) is 1. The number of carboxylic acid groups (broad SMARTS) is 1. The molecule has 0 aromatic carbocycles. The van der Waals surface area contributed by atoms with Crippen molar-refractivity contribution in [2.24, 2.45) is 0 Å². The summed E-state index contributed by atoms with van der Waals surface area (Å²) in [4.78, 5) is 36.1. The topological polar surface area (TPSA) is 96.9 Å². The highest BCUT2D eigenvalue weighted by atomic mass is 19.1. The van der Waals surface area contributed by atoms with Crippen LogP contribution in [0.5, 0.6) is 0 Å². The van der Waals surface area contributed by atoms with Gasteiger partial charge in [-0.15, -0.1) is 5.10 Å². The Balaban J connectivity index is 1.78. The molecular weight excluding hydrogens is 295 g/mol. The van der Waals surface area contributed by atoms with Crippen LogP contribution in [0.25, 0.3) is 5.65 Å². The summed E-state index contributed by atoms with van der Waals surface area (Å²) in [6.07, 6.45) is 1.27. The van der Waals surface area contributed by atoms with E-state index in [0.29, 0.717) is 5.65 Å². The van der Waals surface area contributed by atoms with Gasteiger partial charge in [-0.2, -0.15) is 0 Å². The molecule has 22 heavy (non-hydrogen) atoms. The molecule has 8 nitrogen and oxygen atoms in total. The number of alkyl halides is 1. The Morgan fingerprint density at radius 2 is 2.18 bits per heavy atom. The smallest absolute Gasteiger partial charge is 0.350 e. The standard InChI is InChI=1S/C13H13FN4O4/c14-13(11(20)21)4-6-16(8-13)10(19)7-18-12(22)17-5-2-1-3-9(17)15-18/h1-3,5H,4,6-8H2,(H,20,21). The van der Waals surface area contributed by atoms with Crippen LogP contribution in [0, 0.1) is 0 Å². The van der Waals surface area contributed by atoms with E-state index in [1.165, 1.54) is 10.6 Å². The molecule has 2 aromatic heterocycles. The van der Waals surface area contributed by atoms with Gasteiger partial charge in [0.2, 0.25) is 11.6 Å². The number of halogens is 1. The number of pyridine rings is 1. The van der Waals surface area contributed by atoms with Gasteiger partial charge in [-0.3, -0.25) is 9.20 Å². The number of aromatic nitrogens is 3. The van der Waals surface area contributed by atoms with Crippen molar-refractivity contribution in [1.82, 2.24) is 19.1 Å². The minimum absolute atomic E-state index is 0.00373. The third-order valence-electron chi connectivity index (χ3n) is 3.73. The lowest BCUT2D eigenvalue weighted by Gasteiger charge is -2.17. The molecule has 0 spiro atoms. The van der Waals surface area contributed by atoms with Crippen molar-refractivity contribution in [1.29, 1.82) is 0 Å². The van der Waals surface area contributed by atoms with E-state index >= 15 is 0 Å². The van der Waals surface area contributed by atoms with Gasteiger partial charge in [0.15, 0.2) is 5.65 Å². The number of carboxylic acids is 1. The number of likely N-dealkylation sites (tertiary alicyclic amines) is 1. The Kier molecular flexibility index (Phi) is 3.19. The Morgan fingerprint density at radius 1 is 1.41 bits per heavy atom. The number of carbonyl (C=O) groups excluding carboxylic acids is 1. The van der Waals surface area contributed by atoms with Crippen molar-refractivity contribution in [3.63, 3.8) is 0 Å². The molecule has 1 aliphatic rings. The fraction of sp³-hybridized carbons (Fsp3) is 0.385. The average molecular weight is 308 g/mol. The van der Waals surface area contributed by atoms with Crippen LogP contribution in [0.2, 0.25) is 0 Å². The van der Waals surface area contributed by atoms with E-state index in [2.05, 4.69) is 5.10 Å². The van der Waals surface area contributed by atoms with E-state index in [1.54, 1.807) is 18.2 Å². The third kappa shape index (κ3) is 2.24. The normalized spacial score (nSPS) is 21.4. The first-order valence-corrected chi connectivity index (χ1v) is 6.65. The van der Waals surface area contributed by atoms with Crippen molar-refractivity contribution in [3.8, 4) is 0 Å². The number of amides is 1. The quantitative estimate of drug-likeness (QED) is 0.826. The summed E-state index contributed by atoms with van der Waals surface area (Å²) < 4.78 is 16.2. The largest absolute Gasteiger partial charge is 0.479 e. The molecule has 116 valence electrons. The van der Waals surface area contributed by atoms with Crippen LogP contribution >= 0.6 is 0 Å². The third-order valence-corrected chi connectivity index (χ3v) is 3.73. The second kappa shape index (κ2) is 4.93. The number of carbonyl (C=O) groups is 2. The lowest BCUT2D eigenvalue weighted by Crippen LogP contribution is -2.40. The lowest BCUT2D eigenvalue weighted by molar-refractivity contribution is -0.150. The fourth-order valence-corrected chi connectivity index (χ4v) is 2.46.